The minimum absolute atomic E-state index is 0.0531. The third-order valence-electron chi connectivity index (χ3n) is 5.99. The first-order valence-corrected chi connectivity index (χ1v) is 10.2. The summed E-state index contributed by atoms with van der Waals surface area (Å²) in [6.45, 7) is 3.13. The monoisotopic (exact) mass is 421 g/mol. The summed E-state index contributed by atoms with van der Waals surface area (Å²) in [6, 6.07) is 7.76. The smallest absolute Gasteiger partial charge is 0.257 e. The molecule has 1 N–H and O–H groups in total. The molecule has 6 nitrogen and oxygen atoms in total. The molecule has 158 valence electrons. The second kappa shape index (κ2) is 7.61. The van der Waals surface area contributed by atoms with E-state index in [1.165, 1.54) is 12.1 Å². The summed E-state index contributed by atoms with van der Waals surface area (Å²) in [6.07, 6.45) is 8.19. The van der Waals surface area contributed by atoms with Crippen LogP contribution in [0.2, 0.25) is 0 Å². The lowest BCUT2D eigenvalue weighted by Crippen LogP contribution is -2.34. The van der Waals surface area contributed by atoms with Crippen LogP contribution in [0.3, 0.4) is 0 Å². The fourth-order valence-corrected chi connectivity index (χ4v) is 4.45. The Bertz CT molecular complexity index is 1250. The van der Waals surface area contributed by atoms with Crippen LogP contribution in [0.4, 0.5) is 8.78 Å². The van der Waals surface area contributed by atoms with Gasteiger partial charge in [-0.15, -0.1) is 0 Å². The molecule has 0 spiro atoms. The molecule has 0 radical (unpaired) electrons. The van der Waals surface area contributed by atoms with E-state index in [9.17, 15) is 13.6 Å². The van der Waals surface area contributed by atoms with E-state index in [1.54, 1.807) is 11.1 Å². The Morgan fingerprint density at radius 3 is 2.90 bits per heavy atom. The molecule has 8 heteroatoms. The van der Waals surface area contributed by atoms with Crippen molar-refractivity contribution in [3.63, 3.8) is 0 Å². The number of fused-ring (bicyclic) bond motifs is 1. The van der Waals surface area contributed by atoms with Crippen molar-refractivity contribution >= 4 is 16.9 Å². The van der Waals surface area contributed by atoms with Crippen molar-refractivity contribution in [2.75, 3.05) is 6.54 Å². The van der Waals surface area contributed by atoms with Gasteiger partial charge in [0.2, 0.25) is 0 Å². The quantitative estimate of drug-likeness (QED) is 0.536. The molecule has 1 saturated heterocycles. The maximum absolute atomic E-state index is 14.1. The van der Waals surface area contributed by atoms with Crippen molar-refractivity contribution in [1.82, 2.24) is 24.6 Å². The molecule has 4 heterocycles. The van der Waals surface area contributed by atoms with Gasteiger partial charge in [0.25, 0.3) is 5.91 Å². The number of halogens is 2. The number of pyridine rings is 1. The topological polar surface area (TPSA) is 66.8 Å². The summed E-state index contributed by atoms with van der Waals surface area (Å²) in [5.74, 6) is -2.36. The van der Waals surface area contributed by atoms with Gasteiger partial charge >= 0.3 is 0 Å². The Kier molecular flexibility index (Phi) is 4.77. The maximum Gasteiger partial charge on any atom is 0.257 e. The van der Waals surface area contributed by atoms with E-state index in [2.05, 4.69) is 25.8 Å². The third-order valence-corrected chi connectivity index (χ3v) is 5.99. The normalized spacial score (nSPS) is 18.7. The van der Waals surface area contributed by atoms with Crippen molar-refractivity contribution in [2.24, 2.45) is 5.92 Å². The van der Waals surface area contributed by atoms with Crippen LogP contribution in [0.5, 0.6) is 0 Å². The van der Waals surface area contributed by atoms with E-state index in [4.69, 9.17) is 0 Å². The number of nitrogens with zero attached hydrogens (tertiary/aromatic N) is 4. The lowest BCUT2D eigenvalue weighted by Gasteiger charge is -2.22. The fraction of sp³-hybridized carbons (Fsp3) is 0.261. The summed E-state index contributed by atoms with van der Waals surface area (Å²) in [7, 11) is 0. The highest BCUT2D eigenvalue weighted by molar-refractivity contribution is 5.95. The predicted octanol–water partition coefficient (Wildman–Crippen LogP) is 4.26. The lowest BCUT2D eigenvalue weighted by atomic mass is 10.1. The number of carbonyl (C=O) groups is 1. The van der Waals surface area contributed by atoms with Crippen molar-refractivity contribution in [1.29, 1.82) is 0 Å². The molecule has 1 unspecified atom stereocenters. The zero-order valence-electron chi connectivity index (χ0n) is 16.9. The number of benzene rings is 1. The van der Waals surface area contributed by atoms with Crippen LogP contribution in [0, 0.1) is 17.6 Å². The highest BCUT2D eigenvalue weighted by Crippen LogP contribution is 2.29. The van der Waals surface area contributed by atoms with Crippen LogP contribution in [0.25, 0.3) is 22.2 Å². The van der Waals surface area contributed by atoms with Crippen molar-refractivity contribution in [2.45, 2.75) is 25.9 Å². The second-order valence-corrected chi connectivity index (χ2v) is 8.10. The fourth-order valence-electron chi connectivity index (χ4n) is 4.45. The number of rotatable bonds is 4. The van der Waals surface area contributed by atoms with Gasteiger partial charge in [-0.2, -0.15) is 5.10 Å². The van der Waals surface area contributed by atoms with Gasteiger partial charge in [0.05, 0.1) is 11.8 Å². The zero-order valence-corrected chi connectivity index (χ0v) is 16.9. The Hall–Kier alpha value is -3.55. The number of hydrogen-bond donors (Lipinski definition) is 1. The van der Waals surface area contributed by atoms with Crippen molar-refractivity contribution in [3.8, 4) is 11.1 Å². The average molecular weight is 421 g/mol. The van der Waals surface area contributed by atoms with Gasteiger partial charge in [0, 0.05) is 54.2 Å². The number of aromatic nitrogens is 4. The standard InChI is InChI=1S/C23H21F2N5O/c1-14-7-15(13-30(14)23(31)19-3-2-4-20(24)21(19)25)12-29-6-5-16-8-17(9-26-22(16)29)18-10-27-28-11-18/h2-6,8-11,14-15H,7,12-13H2,1H3,(H,27,28)/t14-,15?/m1/s1. The van der Waals surface area contributed by atoms with E-state index < -0.39 is 17.5 Å². The van der Waals surface area contributed by atoms with Crippen molar-refractivity contribution < 1.29 is 13.6 Å². The molecule has 1 aliphatic heterocycles. The summed E-state index contributed by atoms with van der Waals surface area (Å²) in [5, 5.41) is 7.81. The third kappa shape index (κ3) is 3.48. The van der Waals surface area contributed by atoms with E-state index in [-0.39, 0.29) is 17.5 Å². The van der Waals surface area contributed by atoms with Crippen LogP contribution in [0.1, 0.15) is 23.7 Å². The molecule has 5 rings (SSSR count). The molecule has 0 aliphatic carbocycles. The first-order valence-electron chi connectivity index (χ1n) is 10.2. The number of amides is 1. The SMILES string of the molecule is C[C@@H]1CC(Cn2ccc3cc(-c4cn[nH]c4)cnc32)CN1C(=O)c1cccc(F)c1F. The minimum Gasteiger partial charge on any atom is -0.335 e. The molecule has 2 atom stereocenters. The van der Waals surface area contributed by atoms with E-state index in [0.717, 1.165) is 34.6 Å². The summed E-state index contributed by atoms with van der Waals surface area (Å²) >= 11 is 0. The molecule has 4 aromatic rings. The highest BCUT2D eigenvalue weighted by atomic mass is 19.2. The maximum atomic E-state index is 14.1. The molecule has 1 fully saturated rings. The van der Waals surface area contributed by atoms with Crippen LogP contribution < -0.4 is 0 Å². The lowest BCUT2D eigenvalue weighted by molar-refractivity contribution is 0.0736. The predicted molar refractivity (Wildman–Crippen MR) is 112 cm³/mol. The van der Waals surface area contributed by atoms with E-state index in [0.29, 0.717) is 13.1 Å². The number of nitrogens with one attached hydrogen (secondary N) is 1. The molecule has 0 saturated carbocycles. The largest absolute Gasteiger partial charge is 0.335 e. The molecule has 1 aliphatic rings. The Morgan fingerprint density at radius 1 is 1.23 bits per heavy atom. The van der Waals surface area contributed by atoms with Crippen LogP contribution in [-0.4, -0.2) is 43.1 Å². The molecular formula is C23H21F2N5O. The average Bonchev–Trinajstić information content (AvgIpc) is 3.50. The van der Waals surface area contributed by atoms with Gasteiger partial charge in [-0.25, -0.2) is 13.8 Å². The zero-order chi connectivity index (χ0) is 21.5. The molecule has 1 aromatic carbocycles. The highest BCUT2D eigenvalue weighted by Gasteiger charge is 2.34. The Labute approximate surface area is 177 Å². The van der Waals surface area contributed by atoms with Gasteiger partial charge in [0.1, 0.15) is 5.65 Å². The molecule has 1 amide bonds. The Morgan fingerprint density at radius 2 is 2.10 bits per heavy atom. The van der Waals surface area contributed by atoms with Crippen LogP contribution in [0.15, 0.2) is 55.1 Å². The molecule has 31 heavy (non-hydrogen) atoms. The summed E-state index contributed by atoms with van der Waals surface area (Å²) < 4.78 is 29.7. The van der Waals surface area contributed by atoms with Gasteiger partial charge in [-0.3, -0.25) is 9.89 Å². The second-order valence-electron chi connectivity index (χ2n) is 8.10. The minimum atomic E-state index is -1.09. The van der Waals surface area contributed by atoms with Gasteiger partial charge in [0.15, 0.2) is 11.6 Å². The van der Waals surface area contributed by atoms with Crippen LogP contribution in [-0.2, 0) is 6.54 Å². The molecule has 0 bridgehead atoms. The van der Waals surface area contributed by atoms with E-state index >= 15 is 0 Å². The number of carbonyl (C=O) groups excluding carboxylic acids is 1. The van der Waals surface area contributed by atoms with E-state index in [1.807, 2.05) is 31.6 Å². The molecular weight excluding hydrogens is 400 g/mol. The summed E-state index contributed by atoms with van der Waals surface area (Å²) in [4.78, 5) is 19.1. The number of hydrogen-bond acceptors (Lipinski definition) is 3. The van der Waals surface area contributed by atoms with Gasteiger partial charge in [-0.05, 0) is 43.5 Å². The first-order chi connectivity index (χ1) is 15.0. The van der Waals surface area contributed by atoms with Gasteiger partial charge < -0.3 is 9.47 Å². The molecule has 3 aromatic heterocycles. The van der Waals surface area contributed by atoms with Crippen LogP contribution >= 0.6 is 0 Å². The van der Waals surface area contributed by atoms with Crippen molar-refractivity contribution in [3.05, 3.63) is 72.3 Å². The van der Waals surface area contributed by atoms with Gasteiger partial charge in [-0.1, -0.05) is 6.07 Å². The first kappa shape index (κ1) is 19.4. The number of aromatic amines is 1. The number of H-pyrrole nitrogens is 1. The summed E-state index contributed by atoms with van der Waals surface area (Å²) in [5.41, 5.74) is 2.63. The number of likely N-dealkylation sites (tertiary alicyclic amines) is 1. The Balaban J connectivity index is 1.34.